The summed E-state index contributed by atoms with van der Waals surface area (Å²) in [6.07, 6.45) is 1.65. The van der Waals surface area contributed by atoms with Gasteiger partial charge in [0.25, 0.3) is 0 Å². The predicted octanol–water partition coefficient (Wildman–Crippen LogP) is 3.84. The number of halogens is 1. The molecule has 2 rings (SSSR count). The van der Waals surface area contributed by atoms with Gasteiger partial charge in [0.15, 0.2) is 11.5 Å². The van der Waals surface area contributed by atoms with Crippen LogP contribution in [0.1, 0.15) is 29.0 Å². The minimum Gasteiger partial charge on any atom is -0.461 e. The van der Waals surface area contributed by atoms with Crippen molar-refractivity contribution in [1.82, 2.24) is 0 Å². The number of rotatable bonds is 5. The van der Waals surface area contributed by atoms with Gasteiger partial charge in [-0.1, -0.05) is 17.7 Å². The normalized spacial score (nSPS) is 10.3. The van der Waals surface area contributed by atoms with E-state index in [1.165, 1.54) is 6.26 Å². The number of ketones is 1. The van der Waals surface area contributed by atoms with Gasteiger partial charge in [-0.25, -0.2) is 0 Å². The molecule has 0 fully saturated rings. The van der Waals surface area contributed by atoms with E-state index in [0.29, 0.717) is 10.7 Å². The van der Waals surface area contributed by atoms with Gasteiger partial charge in [-0.3, -0.25) is 9.59 Å². The van der Waals surface area contributed by atoms with Crippen LogP contribution >= 0.6 is 11.6 Å². The van der Waals surface area contributed by atoms with Crippen LogP contribution in [0, 0.1) is 6.92 Å². The summed E-state index contributed by atoms with van der Waals surface area (Å²) in [7, 11) is 0. The van der Waals surface area contributed by atoms with Crippen LogP contribution in [0.4, 0.5) is 5.69 Å². The largest absolute Gasteiger partial charge is 0.461 e. The number of amides is 1. The van der Waals surface area contributed by atoms with Crippen molar-refractivity contribution < 1.29 is 14.0 Å². The fraction of sp³-hybridized carbons (Fsp3) is 0.200. The second-order valence-electron chi connectivity index (χ2n) is 4.41. The van der Waals surface area contributed by atoms with Gasteiger partial charge in [-0.2, -0.15) is 0 Å². The smallest absolute Gasteiger partial charge is 0.224 e. The Kier molecular flexibility index (Phi) is 4.58. The van der Waals surface area contributed by atoms with Crippen molar-refractivity contribution in [3.63, 3.8) is 0 Å². The second-order valence-corrected chi connectivity index (χ2v) is 4.84. The Morgan fingerprint density at radius 1 is 1.25 bits per heavy atom. The van der Waals surface area contributed by atoms with Crippen molar-refractivity contribution in [1.29, 1.82) is 0 Å². The number of hydrogen-bond acceptors (Lipinski definition) is 3. The maximum absolute atomic E-state index is 11.8. The highest BCUT2D eigenvalue weighted by atomic mass is 35.5. The average Bonchev–Trinajstić information content (AvgIpc) is 2.94. The molecular formula is C15H14ClNO3. The zero-order valence-corrected chi connectivity index (χ0v) is 11.7. The number of hydrogen-bond donors (Lipinski definition) is 1. The quantitative estimate of drug-likeness (QED) is 0.851. The Hall–Kier alpha value is -2.07. The number of furan rings is 1. The lowest BCUT2D eigenvalue weighted by Crippen LogP contribution is -2.14. The van der Waals surface area contributed by atoms with Crippen LogP contribution in [-0.4, -0.2) is 11.7 Å². The van der Waals surface area contributed by atoms with Crippen LogP contribution < -0.4 is 5.32 Å². The van der Waals surface area contributed by atoms with Crippen LogP contribution in [0.3, 0.4) is 0 Å². The summed E-state index contributed by atoms with van der Waals surface area (Å²) in [4.78, 5) is 23.5. The third-order valence-corrected chi connectivity index (χ3v) is 3.08. The third kappa shape index (κ3) is 3.71. The number of Topliss-reactive ketones (excluding diaryl/α,β-unsaturated/α-hetero) is 1. The van der Waals surface area contributed by atoms with Gasteiger partial charge >= 0.3 is 0 Å². The van der Waals surface area contributed by atoms with Gasteiger partial charge in [-0.05, 0) is 36.8 Å². The maximum atomic E-state index is 11.8. The first-order valence-corrected chi connectivity index (χ1v) is 6.57. The van der Waals surface area contributed by atoms with Crippen molar-refractivity contribution in [2.45, 2.75) is 19.8 Å². The molecule has 0 saturated heterocycles. The molecule has 0 aliphatic rings. The molecule has 1 aromatic heterocycles. The van der Waals surface area contributed by atoms with E-state index in [4.69, 9.17) is 16.0 Å². The Bertz CT molecular complexity index is 620. The van der Waals surface area contributed by atoms with Gasteiger partial charge in [0.05, 0.1) is 6.26 Å². The Morgan fingerprint density at radius 3 is 2.75 bits per heavy atom. The van der Waals surface area contributed by atoms with Crippen LogP contribution in [0.15, 0.2) is 41.0 Å². The number of nitrogens with one attached hydrogen (secondary N) is 1. The van der Waals surface area contributed by atoms with Crippen LogP contribution in [0.2, 0.25) is 5.02 Å². The molecule has 0 aliphatic heterocycles. The maximum Gasteiger partial charge on any atom is 0.224 e. The van der Waals surface area contributed by atoms with Crippen molar-refractivity contribution in [3.05, 3.63) is 52.9 Å². The van der Waals surface area contributed by atoms with Crippen molar-refractivity contribution in [3.8, 4) is 0 Å². The average molecular weight is 292 g/mol. The molecule has 0 unspecified atom stereocenters. The molecule has 0 saturated carbocycles. The van der Waals surface area contributed by atoms with Gasteiger partial charge in [-0.15, -0.1) is 0 Å². The first-order valence-electron chi connectivity index (χ1n) is 6.19. The van der Waals surface area contributed by atoms with Crippen molar-refractivity contribution in [2.75, 3.05) is 5.32 Å². The fourth-order valence-corrected chi connectivity index (χ4v) is 1.90. The van der Waals surface area contributed by atoms with E-state index in [-0.39, 0.29) is 30.3 Å². The highest BCUT2D eigenvalue weighted by Crippen LogP contribution is 2.20. The highest BCUT2D eigenvalue weighted by Gasteiger charge is 2.12. The molecule has 1 N–H and O–H groups in total. The molecule has 0 aliphatic carbocycles. The van der Waals surface area contributed by atoms with E-state index in [1.807, 2.05) is 13.0 Å². The summed E-state index contributed by atoms with van der Waals surface area (Å²) in [5.74, 6) is -0.139. The van der Waals surface area contributed by atoms with Crippen LogP contribution in [0.25, 0.3) is 0 Å². The molecule has 104 valence electrons. The Labute approximate surface area is 121 Å². The monoisotopic (exact) mass is 291 g/mol. The molecule has 1 amide bonds. The molecule has 0 spiro atoms. The lowest BCUT2D eigenvalue weighted by atomic mass is 10.1. The number of anilines is 1. The SMILES string of the molecule is Cc1ccc(Cl)cc1NC(=O)CCC(=O)c1ccco1. The number of carbonyl (C=O) groups excluding carboxylic acids is 2. The molecule has 0 radical (unpaired) electrons. The van der Waals surface area contributed by atoms with Gasteiger partial charge < -0.3 is 9.73 Å². The van der Waals surface area contributed by atoms with Gasteiger partial charge in [0, 0.05) is 23.6 Å². The Balaban J connectivity index is 1.90. The zero-order chi connectivity index (χ0) is 14.5. The van der Waals surface area contributed by atoms with E-state index < -0.39 is 0 Å². The summed E-state index contributed by atoms with van der Waals surface area (Å²) in [5, 5.41) is 3.30. The van der Waals surface area contributed by atoms with Crippen molar-refractivity contribution >= 4 is 29.0 Å². The molecule has 1 aromatic carbocycles. The molecule has 20 heavy (non-hydrogen) atoms. The van der Waals surface area contributed by atoms with E-state index >= 15 is 0 Å². The minimum absolute atomic E-state index is 0.103. The predicted molar refractivity (Wildman–Crippen MR) is 77.1 cm³/mol. The zero-order valence-electron chi connectivity index (χ0n) is 11.0. The lowest BCUT2D eigenvalue weighted by molar-refractivity contribution is -0.116. The molecular weight excluding hydrogens is 278 g/mol. The van der Waals surface area contributed by atoms with Crippen LogP contribution in [-0.2, 0) is 4.79 Å². The third-order valence-electron chi connectivity index (χ3n) is 2.85. The first kappa shape index (κ1) is 14.3. The standard InChI is InChI=1S/C15H14ClNO3/c1-10-4-5-11(16)9-12(10)17-15(19)7-6-13(18)14-3-2-8-20-14/h2-5,8-9H,6-7H2,1H3,(H,17,19). The van der Waals surface area contributed by atoms with E-state index in [0.717, 1.165) is 5.56 Å². The lowest BCUT2D eigenvalue weighted by Gasteiger charge is -2.08. The molecule has 2 aromatic rings. The summed E-state index contributed by atoms with van der Waals surface area (Å²) in [6, 6.07) is 8.49. The number of carbonyl (C=O) groups is 2. The van der Waals surface area contributed by atoms with E-state index in [1.54, 1.807) is 24.3 Å². The van der Waals surface area contributed by atoms with E-state index in [9.17, 15) is 9.59 Å². The van der Waals surface area contributed by atoms with Crippen LogP contribution in [0.5, 0.6) is 0 Å². The highest BCUT2D eigenvalue weighted by molar-refractivity contribution is 6.31. The molecule has 1 heterocycles. The minimum atomic E-state index is -0.227. The molecule has 5 heteroatoms. The van der Waals surface area contributed by atoms with Crippen molar-refractivity contribution in [2.24, 2.45) is 0 Å². The second kappa shape index (κ2) is 6.39. The first-order chi connectivity index (χ1) is 9.56. The molecule has 0 bridgehead atoms. The van der Waals surface area contributed by atoms with Gasteiger partial charge in [0.1, 0.15) is 0 Å². The molecule has 4 nitrogen and oxygen atoms in total. The topological polar surface area (TPSA) is 59.3 Å². The summed E-state index contributed by atoms with van der Waals surface area (Å²) in [6.45, 7) is 1.87. The number of aryl methyl sites for hydroxylation is 1. The van der Waals surface area contributed by atoms with E-state index in [2.05, 4.69) is 5.32 Å². The summed E-state index contributed by atoms with van der Waals surface area (Å²) in [5.41, 5.74) is 1.58. The Morgan fingerprint density at radius 2 is 2.05 bits per heavy atom. The number of benzene rings is 1. The molecule has 0 atom stereocenters. The van der Waals surface area contributed by atoms with Gasteiger partial charge in [0.2, 0.25) is 5.91 Å². The summed E-state index contributed by atoms with van der Waals surface area (Å²) >= 11 is 5.88. The fourth-order valence-electron chi connectivity index (χ4n) is 1.73. The summed E-state index contributed by atoms with van der Waals surface area (Å²) < 4.78 is 4.98.